The maximum absolute atomic E-state index is 14.0. The highest BCUT2D eigenvalue weighted by molar-refractivity contribution is 14.1. The molecule has 1 aromatic carbocycles. The summed E-state index contributed by atoms with van der Waals surface area (Å²) in [6, 6.07) is 1.05. The Morgan fingerprint density at radius 3 is 2.71 bits per heavy atom. The summed E-state index contributed by atoms with van der Waals surface area (Å²) in [6.45, 7) is 7.67. The molecule has 116 valence electrons. The van der Waals surface area contributed by atoms with E-state index in [0.29, 0.717) is 21.2 Å². The van der Waals surface area contributed by atoms with Crippen molar-refractivity contribution in [1.82, 2.24) is 15.0 Å². The highest BCUT2D eigenvalue weighted by Crippen LogP contribution is 2.34. The van der Waals surface area contributed by atoms with E-state index in [1.807, 2.05) is 22.6 Å². The number of rotatable bonds is 5. The molecule has 0 aliphatic carbocycles. The predicted octanol–water partition coefficient (Wildman–Crippen LogP) is 3.72. The van der Waals surface area contributed by atoms with E-state index < -0.39 is 13.9 Å². The van der Waals surface area contributed by atoms with Gasteiger partial charge >= 0.3 is 0 Å². The lowest BCUT2D eigenvalue weighted by molar-refractivity contribution is 0.0802. The molecule has 21 heavy (non-hydrogen) atoms. The van der Waals surface area contributed by atoms with Crippen molar-refractivity contribution in [3.63, 3.8) is 0 Å². The summed E-state index contributed by atoms with van der Waals surface area (Å²) in [4.78, 5) is 0. The van der Waals surface area contributed by atoms with Crippen molar-refractivity contribution < 1.29 is 9.13 Å². The van der Waals surface area contributed by atoms with Crippen molar-refractivity contribution >= 4 is 59.0 Å². The molecule has 0 bridgehead atoms. The molecule has 5 nitrogen and oxygen atoms in total. The van der Waals surface area contributed by atoms with Crippen LogP contribution in [0.2, 0.25) is 30.7 Å². The van der Waals surface area contributed by atoms with Crippen LogP contribution < -0.4 is 5.73 Å². The summed E-state index contributed by atoms with van der Waals surface area (Å²) < 4.78 is 21.5. The zero-order valence-electron chi connectivity index (χ0n) is 12.1. The minimum Gasteiger partial charge on any atom is -0.395 e. The summed E-state index contributed by atoms with van der Waals surface area (Å²) in [5.74, 6) is -0.640. The molecule has 1 heterocycles. The van der Waals surface area contributed by atoms with E-state index in [0.717, 1.165) is 6.04 Å². The van der Waals surface area contributed by atoms with Gasteiger partial charge in [0.05, 0.1) is 9.26 Å². The van der Waals surface area contributed by atoms with Crippen molar-refractivity contribution in [2.45, 2.75) is 32.4 Å². The molecule has 0 atom stereocenters. The van der Waals surface area contributed by atoms with Crippen LogP contribution in [0.4, 0.5) is 10.1 Å². The summed E-state index contributed by atoms with van der Waals surface area (Å²) >= 11 is 7.97. The lowest BCUT2D eigenvalue weighted by Gasteiger charge is -2.15. The number of ether oxygens (including phenoxy) is 1. The van der Waals surface area contributed by atoms with Gasteiger partial charge in [0.1, 0.15) is 22.8 Å². The minimum atomic E-state index is -1.14. The van der Waals surface area contributed by atoms with Crippen LogP contribution >= 0.6 is 34.2 Å². The van der Waals surface area contributed by atoms with Crippen molar-refractivity contribution in [1.29, 1.82) is 0 Å². The molecule has 0 unspecified atom stereocenters. The van der Waals surface area contributed by atoms with Gasteiger partial charge in [-0.05, 0) is 28.6 Å². The van der Waals surface area contributed by atoms with E-state index in [1.165, 1.54) is 4.68 Å². The number of anilines is 1. The number of halogens is 3. The Kier molecular flexibility index (Phi) is 5.11. The fourth-order valence-electron chi connectivity index (χ4n) is 1.74. The Morgan fingerprint density at radius 1 is 1.43 bits per heavy atom. The molecule has 2 N–H and O–H groups in total. The predicted molar refractivity (Wildman–Crippen MR) is 93.7 cm³/mol. The molecule has 0 amide bonds. The highest BCUT2D eigenvalue weighted by atomic mass is 127. The van der Waals surface area contributed by atoms with Gasteiger partial charge in [-0.25, -0.2) is 9.07 Å². The third-order valence-electron chi connectivity index (χ3n) is 3.03. The van der Waals surface area contributed by atoms with Crippen LogP contribution in [0, 0.1) is 9.39 Å². The fourth-order valence-corrected chi connectivity index (χ4v) is 3.39. The van der Waals surface area contributed by atoms with Gasteiger partial charge in [-0.3, -0.25) is 0 Å². The van der Waals surface area contributed by atoms with E-state index in [2.05, 4.69) is 30.0 Å². The topological polar surface area (TPSA) is 66.0 Å². The summed E-state index contributed by atoms with van der Waals surface area (Å²) in [7, 11) is -1.14. The van der Waals surface area contributed by atoms with Gasteiger partial charge in [-0.1, -0.05) is 36.5 Å². The van der Waals surface area contributed by atoms with Crippen LogP contribution in [0.15, 0.2) is 0 Å². The van der Waals surface area contributed by atoms with E-state index in [1.54, 1.807) is 0 Å². The second-order valence-corrected chi connectivity index (χ2v) is 13.1. The molecule has 0 saturated heterocycles. The third kappa shape index (κ3) is 3.66. The zero-order valence-corrected chi connectivity index (χ0v) is 16.0. The van der Waals surface area contributed by atoms with Crippen LogP contribution in [0.25, 0.3) is 11.0 Å². The first kappa shape index (κ1) is 16.9. The lowest BCUT2D eigenvalue weighted by Crippen LogP contribution is -2.22. The number of benzene rings is 1. The number of nitrogens with zero attached hydrogens (tertiary/aromatic N) is 3. The average Bonchev–Trinajstić information content (AvgIpc) is 2.82. The number of hydrogen-bond acceptors (Lipinski definition) is 4. The Labute approximate surface area is 142 Å². The quantitative estimate of drug-likeness (QED) is 0.252. The average molecular weight is 443 g/mol. The van der Waals surface area contributed by atoms with Gasteiger partial charge in [0.25, 0.3) is 0 Å². The van der Waals surface area contributed by atoms with Gasteiger partial charge in [0.2, 0.25) is 0 Å². The largest absolute Gasteiger partial charge is 0.395 e. The molecular weight excluding hydrogens is 426 g/mol. The first-order chi connectivity index (χ1) is 9.72. The molecule has 0 aliphatic heterocycles. The van der Waals surface area contributed by atoms with E-state index in [9.17, 15) is 4.39 Å². The first-order valence-corrected chi connectivity index (χ1v) is 11.6. The third-order valence-corrected chi connectivity index (χ3v) is 6.17. The second-order valence-electron chi connectivity index (χ2n) is 5.99. The standard InChI is InChI=1S/C12H17ClFIN4OSi/c1-21(2,3)5-4-20-6-19-12-7(13)8(14)10(16)9(15)11(12)17-18-19/h4-6,16H2,1-3H3. The molecule has 1 aromatic heterocycles. The minimum absolute atomic E-state index is 0.000184. The summed E-state index contributed by atoms with van der Waals surface area (Å²) in [5, 5.41) is 7.92. The van der Waals surface area contributed by atoms with Gasteiger partial charge in [0, 0.05) is 14.7 Å². The highest BCUT2D eigenvalue weighted by Gasteiger charge is 2.20. The molecule has 0 spiro atoms. The van der Waals surface area contributed by atoms with Crippen LogP contribution in [-0.2, 0) is 11.5 Å². The monoisotopic (exact) mass is 442 g/mol. The van der Waals surface area contributed by atoms with Crippen molar-refractivity contribution in [3.8, 4) is 0 Å². The summed E-state index contributed by atoms with van der Waals surface area (Å²) in [5.41, 5.74) is 6.57. The molecule has 2 rings (SSSR count). The van der Waals surface area contributed by atoms with E-state index >= 15 is 0 Å². The van der Waals surface area contributed by atoms with Crippen LogP contribution in [0.5, 0.6) is 0 Å². The Hall–Kier alpha value is -0.453. The van der Waals surface area contributed by atoms with Gasteiger partial charge in [-0.2, -0.15) is 0 Å². The van der Waals surface area contributed by atoms with E-state index in [4.69, 9.17) is 22.1 Å². The van der Waals surface area contributed by atoms with Crippen molar-refractivity contribution in [3.05, 3.63) is 14.4 Å². The van der Waals surface area contributed by atoms with Crippen molar-refractivity contribution in [2.75, 3.05) is 12.3 Å². The number of hydrogen-bond donors (Lipinski definition) is 1. The molecule has 0 radical (unpaired) electrons. The Morgan fingerprint density at radius 2 is 2.10 bits per heavy atom. The van der Waals surface area contributed by atoms with Crippen LogP contribution in [0.1, 0.15) is 0 Å². The maximum atomic E-state index is 14.0. The van der Waals surface area contributed by atoms with Gasteiger partial charge in [-0.15, -0.1) is 5.10 Å². The zero-order chi connectivity index (χ0) is 15.8. The number of aromatic nitrogens is 3. The van der Waals surface area contributed by atoms with Gasteiger partial charge in [0.15, 0.2) is 5.82 Å². The molecule has 0 aliphatic rings. The van der Waals surface area contributed by atoms with E-state index in [-0.39, 0.29) is 17.4 Å². The molecule has 2 aromatic rings. The molecule has 0 saturated carbocycles. The number of fused-ring (bicyclic) bond motifs is 1. The second kappa shape index (κ2) is 6.35. The van der Waals surface area contributed by atoms with Crippen LogP contribution in [-0.4, -0.2) is 29.7 Å². The lowest BCUT2D eigenvalue weighted by atomic mass is 10.2. The Bertz CT molecular complexity index is 674. The SMILES string of the molecule is C[Si](C)(C)CCOCn1nnc2c(I)c(N)c(F)c(Cl)c21. The number of nitrogen functional groups attached to an aromatic ring is 1. The molecule has 9 heteroatoms. The fraction of sp³-hybridized carbons (Fsp3) is 0.500. The first-order valence-electron chi connectivity index (χ1n) is 6.45. The number of nitrogens with two attached hydrogens (primary N) is 1. The maximum Gasteiger partial charge on any atom is 0.168 e. The molecular formula is C12H17ClFIN4OSi. The summed E-state index contributed by atoms with van der Waals surface area (Å²) in [6.07, 6.45) is 0. The Balaban J connectivity index is 2.22. The normalized spacial score (nSPS) is 12.3. The van der Waals surface area contributed by atoms with Gasteiger partial charge < -0.3 is 10.5 Å². The smallest absolute Gasteiger partial charge is 0.168 e. The van der Waals surface area contributed by atoms with Crippen molar-refractivity contribution in [2.24, 2.45) is 0 Å². The molecule has 0 fully saturated rings. The van der Waals surface area contributed by atoms with Crippen LogP contribution in [0.3, 0.4) is 0 Å².